The van der Waals surface area contributed by atoms with Gasteiger partial charge in [0.25, 0.3) is 0 Å². The fraction of sp³-hybridized carbons (Fsp3) is 0.467. The van der Waals surface area contributed by atoms with Crippen LogP contribution in [0.4, 0.5) is 5.69 Å². The zero-order valence-corrected chi connectivity index (χ0v) is 12.1. The number of carboxylic acid groups (broad SMARTS) is 2. The molecule has 0 saturated carbocycles. The summed E-state index contributed by atoms with van der Waals surface area (Å²) in [5.74, 6) is -1.91. The summed E-state index contributed by atoms with van der Waals surface area (Å²) in [6, 6.07) is 7.58. The molecule has 0 heterocycles. The molecule has 0 aliphatic carbocycles. The van der Waals surface area contributed by atoms with Gasteiger partial charge in [0.2, 0.25) is 0 Å². The Morgan fingerprint density at radius 1 is 1.05 bits per heavy atom. The maximum atomic E-state index is 10.9. The molecule has 0 aromatic heterocycles. The van der Waals surface area contributed by atoms with Crippen LogP contribution in [0.2, 0.25) is 0 Å². The number of nitrogens with zero attached hydrogens (tertiary/aromatic N) is 1. The standard InChI is InChI=1S/C15H21NO4/c1-15(2,3)11-4-6-12(7-5-11)16(10-14(19)20)9-8-13(17)18/h4-7H,8-10H2,1-3H3,(H,17,18)(H,19,20). The van der Waals surface area contributed by atoms with Crippen molar-refractivity contribution in [2.24, 2.45) is 0 Å². The van der Waals surface area contributed by atoms with Crippen molar-refractivity contribution in [3.05, 3.63) is 29.8 Å². The van der Waals surface area contributed by atoms with E-state index in [0.29, 0.717) is 0 Å². The largest absolute Gasteiger partial charge is 0.481 e. The lowest BCUT2D eigenvalue weighted by Crippen LogP contribution is -2.31. The van der Waals surface area contributed by atoms with E-state index < -0.39 is 11.9 Å². The molecular weight excluding hydrogens is 258 g/mol. The number of aliphatic carboxylic acids is 2. The lowest BCUT2D eigenvalue weighted by molar-refractivity contribution is -0.138. The molecule has 2 N–H and O–H groups in total. The molecule has 0 spiro atoms. The smallest absolute Gasteiger partial charge is 0.323 e. The molecule has 0 radical (unpaired) electrons. The molecular formula is C15H21NO4. The van der Waals surface area contributed by atoms with Gasteiger partial charge >= 0.3 is 11.9 Å². The Bertz CT molecular complexity index is 474. The highest BCUT2D eigenvalue weighted by Gasteiger charge is 2.16. The summed E-state index contributed by atoms with van der Waals surface area (Å²) >= 11 is 0. The summed E-state index contributed by atoms with van der Waals surface area (Å²) in [4.78, 5) is 23.1. The predicted molar refractivity (Wildman–Crippen MR) is 77.2 cm³/mol. The summed E-state index contributed by atoms with van der Waals surface area (Å²) in [6.45, 7) is 6.27. The third-order valence-corrected chi connectivity index (χ3v) is 3.02. The van der Waals surface area contributed by atoms with Gasteiger partial charge in [0.1, 0.15) is 6.54 Å². The summed E-state index contributed by atoms with van der Waals surface area (Å²) < 4.78 is 0. The lowest BCUT2D eigenvalue weighted by atomic mass is 9.87. The summed E-state index contributed by atoms with van der Waals surface area (Å²) in [6.07, 6.45) is -0.0890. The Balaban J connectivity index is 2.90. The third kappa shape index (κ3) is 4.91. The average molecular weight is 279 g/mol. The Morgan fingerprint density at radius 2 is 1.60 bits per heavy atom. The second kappa shape index (κ2) is 6.41. The second-order valence-electron chi connectivity index (χ2n) is 5.76. The van der Waals surface area contributed by atoms with Crippen molar-refractivity contribution < 1.29 is 19.8 Å². The highest BCUT2D eigenvalue weighted by atomic mass is 16.4. The number of carbonyl (C=O) groups is 2. The van der Waals surface area contributed by atoms with E-state index in [2.05, 4.69) is 20.8 Å². The number of rotatable bonds is 6. The van der Waals surface area contributed by atoms with Crippen molar-refractivity contribution in [3.8, 4) is 0 Å². The van der Waals surface area contributed by atoms with E-state index in [4.69, 9.17) is 10.2 Å². The first kappa shape index (κ1) is 16.0. The minimum atomic E-state index is -0.977. The number of benzene rings is 1. The van der Waals surface area contributed by atoms with E-state index in [0.717, 1.165) is 11.3 Å². The SMILES string of the molecule is CC(C)(C)c1ccc(N(CCC(=O)O)CC(=O)O)cc1. The first-order valence-electron chi connectivity index (χ1n) is 6.49. The van der Waals surface area contributed by atoms with Crippen LogP contribution in [0.3, 0.4) is 0 Å². The van der Waals surface area contributed by atoms with E-state index in [1.807, 2.05) is 24.3 Å². The average Bonchev–Trinajstić information content (AvgIpc) is 2.33. The molecule has 1 aromatic rings. The van der Waals surface area contributed by atoms with Gasteiger partial charge in [-0.3, -0.25) is 9.59 Å². The minimum absolute atomic E-state index is 0.0250. The van der Waals surface area contributed by atoms with E-state index in [9.17, 15) is 9.59 Å². The first-order chi connectivity index (χ1) is 9.20. The van der Waals surface area contributed by atoms with Gasteiger partial charge in [-0.1, -0.05) is 32.9 Å². The van der Waals surface area contributed by atoms with Gasteiger partial charge in [-0.15, -0.1) is 0 Å². The van der Waals surface area contributed by atoms with E-state index in [1.54, 1.807) is 4.90 Å². The maximum absolute atomic E-state index is 10.9. The molecule has 0 fully saturated rings. The van der Waals surface area contributed by atoms with Crippen molar-refractivity contribution in [1.29, 1.82) is 0 Å². The van der Waals surface area contributed by atoms with Crippen molar-refractivity contribution in [3.63, 3.8) is 0 Å². The molecule has 0 aliphatic rings. The van der Waals surface area contributed by atoms with Crippen LogP contribution in [0.1, 0.15) is 32.8 Å². The summed E-state index contributed by atoms with van der Waals surface area (Å²) in [7, 11) is 0. The normalized spacial score (nSPS) is 11.2. The van der Waals surface area contributed by atoms with Crippen LogP contribution in [0.15, 0.2) is 24.3 Å². The van der Waals surface area contributed by atoms with Gasteiger partial charge in [-0.05, 0) is 23.1 Å². The predicted octanol–water partition coefficient (Wildman–Crippen LogP) is 2.35. The van der Waals surface area contributed by atoms with Crippen LogP contribution >= 0.6 is 0 Å². The fourth-order valence-corrected chi connectivity index (χ4v) is 1.87. The van der Waals surface area contributed by atoms with E-state index >= 15 is 0 Å². The first-order valence-corrected chi connectivity index (χ1v) is 6.49. The zero-order valence-electron chi connectivity index (χ0n) is 12.1. The van der Waals surface area contributed by atoms with Crippen molar-refractivity contribution >= 4 is 17.6 Å². The fourth-order valence-electron chi connectivity index (χ4n) is 1.87. The van der Waals surface area contributed by atoms with Crippen LogP contribution in [0.5, 0.6) is 0 Å². The van der Waals surface area contributed by atoms with Gasteiger partial charge in [0, 0.05) is 12.2 Å². The number of hydrogen-bond acceptors (Lipinski definition) is 3. The molecule has 1 aromatic carbocycles. The zero-order chi connectivity index (χ0) is 15.3. The topological polar surface area (TPSA) is 77.8 Å². The quantitative estimate of drug-likeness (QED) is 0.835. The van der Waals surface area contributed by atoms with Crippen LogP contribution in [0, 0.1) is 0 Å². The van der Waals surface area contributed by atoms with E-state index in [-0.39, 0.29) is 24.9 Å². The van der Waals surface area contributed by atoms with Gasteiger partial charge in [0.15, 0.2) is 0 Å². The van der Waals surface area contributed by atoms with E-state index in [1.165, 1.54) is 0 Å². The monoisotopic (exact) mass is 279 g/mol. The van der Waals surface area contributed by atoms with Crippen molar-refractivity contribution in [1.82, 2.24) is 0 Å². The van der Waals surface area contributed by atoms with Crippen LogP contribution in [0.25, 0.3) is 0 Å². The second-order valence-corrected chi connectivity index (χ2v) is 5.76. The van der Waals surface area contributed by atoms with Crippen LogP contribution in [-0.4, -0.2) is 35.2 Å². The Morgan fingerprint density at radius 3 is 2.00 bits per heavy atom. The third-order valence-electron chi connectivity index (χ3n) is 3.02. The highest BCUT2D eigenvalue weighted by Crippen LogP contribution is 2.25. The van der Waals surface area contributed by atoms with Crippen molar-refractivity contribution in [2.75, 3.05) is 18.0 Å². The van der Waals surface area contributed by atoms with Gasteiger partial charge < -0.3 is 15.1 Å². The Kier molecular flexibility index (Phi) is 5.13. The molecule has 5 heteroatoms. The molecule has 20 heavy (non-hydrogen) atoms. The summed E-state index contributed by atoms with van der Waals surface area (Å²) in [5.41, 5.74) is 1.90. The van der Waals surface area contributed by atoms with Gasteiger partial charge in [-0.2, -0.15) is 0 Å². The molecule has 110 valence electrons. The molecule has 0 atom stereocenters. The Hall–Kier alpha value is -2.04. The van der Waals surface area contributed by atoms with Gasteiger partial charge in [-0.25, -0.2) is 0 Å². The minimum Gasteiger partial charge on any atom is -0.481 e. The Labute approximate surface area is 118 Å². The van der Waals surface area contributed by atoms with Crippen LogP contribution in [-0.2, 0) is 15.0 Å². The molecule has 0 bridgehead atoms. The van der Waals surface area contributed by atoms with Crippen molar-refractivity contribution in [2.45, 2.75) is 32.6 Å². The number of anilines is 1. The molecule has 0 unspecified atom stereocenters. The maximum Gasteiger partial charge on any atom is 0.323 e. The summed E-state index contributed by atoms with van der Waals surface area (Å²) in [5, 5.41) is 17.6. The van der Waals surface area contributed by atoms with Gasteiger partial charge in [0.05, 0.1) is 6.42 Å². The number of hydrogen-bond donors (Lipinski definition) is 2. The molecule has 0 amide bonds. The molecule has 0 aliphatic heterocycles. The number of carboxylic acids is 2. The molecule has 1 rings (SSSR count). The molecule has 0 saturated heterocycles. The molecule has 5 nitrogen and oxygen atoms in total. The van der Waals surface area contributed by atoms with Crippen LogP contribution < -0.4 is 4.90 Å². The lowest BCUT2D eigenvalue weighted by Gasteiger charge is -2.24. The highest BCUT2D eigenvalue weighted by molar-refractivity contribution is 5.74.